The van der Waals surface area contributed by atoms with E-state index in [1.807, 2.05) is 0 Å². The molecule has 6 nitrogen and oxygen atoms in total. The van der Waals surface area contributed by atoms with E-state index in [4.69, 9.17) is 14.8 Å². The number of hydrogen-bond acceptors (Lipinski definition) is 5. The van der Waals surface area contributed by atoms with E-state index in [1.165, 1.54) is 6.66 Å². The number of carboxylic acid groups (broad SMARTS) is 2. The zero-order valence-corrected chi connectivity index (χ0v) is 9.83. The third kappa shape index (κ3) is 6.54. The van der Waals surface area contributed by atoms with Gasteiger partial charge in [-0.2, -0.15) is 0 Å². The maximum absolute atomic E-state index is 11.4. The van der Waals surface area contributed by atoms with E-state index < -0.39 is 24.2 Å². The second-order valence-corrected chi connectivity index (χ2v) is 8.61. The minimum atomic E-state index is -2.94. The molecule has 15 heavy (non-hydrogen) atoms. The third-order valence-corrected chi connectivity index (χ3v) is 4.71. The van der Waals surface area contributed by atoms with Crippen LogP contribution < -0.4 is 0 Å². The van der Waals surface area contributed by atoms with Gasteiger partial charge < -0.3 is 19.3 Å². The van der Waals surface area contributed by atoms with Crippen molar-refractivity contribution in [3.05, 3.63) is 0 Å². The fourth-order valence-electron chi connectivity index (χ4n) is 1.02. The smallest absolute Gasteiger partial charge is 0.307 e. The van der Waals surface area contributed by atoms with Gasteiger partial charge in [0.15, 0.2) is 6.34 Å². The molecule has 0 saturated heterocycles. The molecule has 0 aliphatic heterocycles. The molecule has 2 unspecified atom stereocenters. The largest absolute Gasteiger partial charge is 0.481 e. The predicted molar refractivity (Wildman–Crippen MR) is 56.6 cm³/mol. The van der Waals surface area contributed by atoms with Gasteiger partial charge in [0.25, 0.3) is 0 Å². The highest BCUT2D eigenvalue weighted by atomic mass is 32.7. The molecule has 0 fully saturated rings. The van der Waals surface area contributed by atoms with E-state index >= 15 is 0 Å². The van der Waals surface area contributed by atoms with E-state index in [-0.39, 0.29) is 30.7 Å². The fraction of sp³-hybridized carbons (Fsp3) is 0.714. The number of rotatable bonds is 7. The van der Waals surface area contributed by atoms with Crippen LogP contribution in [-0.2, 0) is 14.2 Å². The summed E-state index contributed by atoms with van der Waals surface area (Å²) in [6, 6.07) is 0. The van der Waals surface area contributed by atoms with Gasteiger partial charge in [-0.3, -0.25) is 9.59 Å². The minimum absolute atomic E-state index is 0.0803. The van der Waals surface area contributed by atoms with Crippen molar-refractivity contribution in [3.8, 4) is 0 Å². The topological polar surface area (TPSA) is 112 Å². The van der Waals surface area contributed by atoms with Gasteiger partial charge in [0, 0.05) is 19.2 Å². The first-order chi connectivity index (χ1) is 6.78. The summed E-state index contributed by atoms with van der Waals surface area (Å²) in [5.74, 6) is -3.27. The van der Waals surface area contributed by atoms with E-state index in [2.05, 4.69) is 0 Å². The van der Waals surface area contributed by atoms with Crippen LogP contribution in [0.3, 0.4) is 0 Å². The molecule has 0 spiro atoms. The molecule has 0 heterocycles. The summed E-state index contributed by atoms with van der Waals surface area (Å²) >= 11 is 0.152. The van der Waals surface area contributed by atoms with Gasteiger partial charge in [0.05, 0.1) is 17.6 Å². The van der Waals surface area contributed by atoms with Crippen molar-refractivity contribution in [1.82, 2.24) is 0 Å². The zero-order valence-electron chi connectivity index (χ0n) is 8.12. The lowest BCUT2D eigenvalue weighted by atomic mass is 10.1. The molecule has 0 saturated carbocycles. The van der Waals surface area contributed by atoms with E-state index in [1.54, 1.807) is 0 Å². The first kappa shape index (κ1) is 14.5. The maximum atomic E-state index is 11.4. The summed E-state index contributed by atoms with van der Waals surface area (Å²) in [5, 5.41) is 17.1. The SMILES string of the molecule is CP(=O)(CC(CCC(=O)O)C(=O)O)SO. The highest BCUT2D eigenvalue weighted by Crippen LogP contribution is 2.54. The summed E-state index contributed by atoms with van der Waals surface area (Å²) in [6.07, 6.45) is -3.51. The molecule has 0 radical (unpaired) electrons. The average molecular weight is 256 g/mol. The summed E-state index contributed by atoms with van der Waals surface area (Å²) in [7, 11) is 0. The Morgan fingerprint density at radius 2 is 1.93 bits per heavy atom. The Kier molecular flexibility index (Phi) is 5.93. The van der Waals surface area contributed by atoms with Gasteiger partial charge in [0.1, 0.15) is 0 Å². The Bertz CT molecular complexity index is 291. The lowest BCUT2D eigenvalue weighted by Gasteiger charge is -2.14. The second kappa shape index (κ2) is 6.15. The molecule has 8 heteroatoms. The summed E-state index contributed by atoms with van der Waals surface area (Å²) in [6.45, 7) is 1.27. The van der Waals surface area contributed by atoms with E-state index in [0.717, 1.165) is 0 Å². The normalized spacial score (nSPS) is 16.7. The second-order valence-electron chi connectivity index (χ2n) is 3.25. The lowest BCUT2D eigenvalue weighted by Crippen LogP contribution is -2.18. The van der Waals surface area contributed by atoms with Crippen LogP contribution in [-0.4, -0.2) is 39.5 Å². The van der Waals surface area contributed by atoms with Crippen molar-refractivity contribution in [2.24, 2.45) is 5.92 Å². The molecule has 0 bridgehead atoms. The highest BCUT2D eigenvalue weighted by Gasteiger charge is 2.27. The van der Waals surface area contributed by atoms with Crippen molar-refractivity contribution in [2.75, 3.05) is 12.8 Å². The van der Waals surface area contributed by atoms with Crippen molar-refractivity contribution < 1.29 is 28.9 Å². The van der Waals surface area contributed by atoms with Gasteiger partial charge >= 0.3 is 11.9 Å². The van der Waals surface area contributed by atoms with Crippen molar-refractivity contribution in [3.63, 3.8) is 0 Å². The Balaban J connectivity index is 4.35. The summed E-state index contributed by atoms with van der Waals surface area (Å²) in [4.78, 5) is 20.9. The lowest BCUT2D eigenvalue weighted by molar-refractivity contribution is -0.142. The van der Waals surface area contributed by atoms with Gasteiger partial charge in [-0.25, -0.2) is 0 Å². The van der Waals surface area contributed by atoms with Crippen molar-refractivity contribution in [1.29, 1.82) is 0 Å². The van der Waals surface area contributed by atoms with Crippen molar-refractivity contribution in [2.45, 2.75) is 12.8 Å². The van der Waals surface area contributed by atoms with Gasteiger partial charge in [-0.1, -0.05) is 0 Å². The molecule has 0 amide bonds. The molecular weight excluding hydrogens is 243 g/mol. The van der Waals surface area contributed by atoms with Crippen LogP contribution in [0, 0.1) is 5.92 Å². The van der Waals surface area contributed by atoms with Gasteiger partial charge in [0.2, 0.25) is 0 Å². The number of aliphatic carboxylic acids is 2. The first-order valence-electron chi connectivity index (χ1n) is 4.13. The van der Waals surface area contributed by atoms with Gasteiger partial charge in [-0.05, 0) is 6.42 Å². The van der Waals surface area contributed by atoms with Crippen LogP contribution in [0.1, 0.15) is 12.8 Å². The van der Waals surface area contributed by atoms with Crippen LogP contribution >= 0.6 is 18.0 Å². The Labute approximate surface area is 91.0 Å². The minimum Gasteiger partial charge on any atom is -0.481 e. The molecule has 0 rings (SSSR count). The maximum Gasteiger partial charge on any atom is 0.307 e. The molecule has 0 aromatic carbocycles. The number of carbonyl (C=O) groups is 2. The Morgan fingerprint density at radius 1 is 1.40 bits per heavy atom. The average Bonchev–Trinajstić information content (AvgIpc) is 2.11. The molecule has 3 N–H and O–H groups in total. The van der Waals surface area contributed by atoms with Crippen LogP contribution in [0.15, 0.2) is 0 Å². The third-order valence-electron chi connectivity index (χ3n) is 1.78. The molecule has 2 atom stereocenters. The van der Waals surface area contributed by atoms with Crippen LogP contribution in [0.5, 0.6) is 0 Å². The van der Waals surface area contributed by atoms with Gasteiger partial charge in [-0.15, -0.1) is 0 Å². The van der Waals surface area contributed by atoms with E-state index in [9.17, 15) is 14.2 Å². The van der Waals surface area contributed by atoms with Crippen LogP contribution in [0.25, 0.3) is 0 Å². The van der Waals surface area contributed by atoms with E-state index in [0.29, 0.717) is 0 Å². The molecule has 0 aliphatic rings. The first-order valence-corrected chi connectivity index (χ1v) is 7.84. The summed E-state index contributed by atoms with van der Waals surface area (Å²) in [5.41, 5.74) is 0. The Hall–Kier alpha value is -0.520. The summed E-state index contributed by atoms with van der Waals surface area (Å²) < 4.78 is 20.1. The standard InChI is InChI=1S/C7H13O6PS/c1-14(12,15-13)4-5(7(10)11)2-3-6(8)9/h5,13H,2-4H2,1H3,(H,8,9)(H,10,11). The fourth-order valence-corrected chi connectivity index (χ4v) is 2.97. The quantitative estimate of drug-likeness (QED) is 0.469. The monoisotopic (exact) mass is 256 g/mol. The predicted octanol–water partition coefficient (Wildman–Crippen LogP) is 1.67. The Morgan fingerprint density at radius 3 is 2.27 bits per heavy atom. The molecule has 0 aliphatic carbocycles. The zero-order chi connectivity index (χ0) is 12.1. The highest BCUT2D eigenvalue weighted by molar-refractivity contribution is 8.55. The molecule has 0 aromatic heterocycles. The number of carboxylic acids is 2. The molecule has 0 aromatic rings. The van der Waals surface area contributed by atoms with Crippen LogP contribution in [0.2, 0.25) is 0 Å². The van der Waals surface area contributed by atoms with Crippen LogP contribution in [0.4, 0.5) is 0 Å². The number of hydrogen-bond donors (Lipinski definition) is 3. The molecular formula is C7H13O6PS. The molecule has 88 valence electrons. The van der Waals surface area contributed by atoms with Crippen molar-refractivity contribution >= 4 is 29.9 Å².